The van der Waals surface area contributed by atoms with E-state index >= 15 is 0 Å². The van der Waals surface area contributed by atoms with E-state index in [1.807, 2.05) is 0 Å². The lowest BCUT2D eigenvalue weighted by atomic mass is 10.2. The van der Waals surface area contributed by atoms with Gasteiger partial charge in [-0.15, -0.1) is 0 Å². The van der Waals surface area contributed by atoms with Gasteiger partial charge in [-0.25, -0.2) is 4.39 Å². The summed E-state index contributed by atoms with van der Waals surface area (Å²) >= 11 is 5.96. The topological polar surface area (TPSA) is 21.3 Å². The summed E-state index contributed by atoms with van der Waals surface area (Å²) in [6.07, 6.45) is 4.63. The quantitative estimate of drug-likeness (QED) is 0.815. The number of benzene rings is 1. The zero-order valence-corrected chi connectivity index (χ0v) is 11.3. The van der Waals surface area contributed by atoms with Crippen molar-refractivity contribution in [2.45, 2.75) is 44.8 Å². The van der Waals surface area contributed by atoms with Crippen LogP contribution in [0.15, 0.2) is 18.2 Å². The van der Waals surface area contributed by atoms with Crippen LogP contribution in [0, 0.1) is 5.82 Å². The Morgan fingerprint density at radius 1 is 1.50 bits per heavy atom. The molecule has 1 aromatic rings. The molecule has 1 N–H and O–H groups in total. The SMILES string of the molecule is CCCC(CNC1CC1)Oc1ccc(F)cc1Cl. The smallest absolute Gasteiger partial charge is 0.138 e. The zero-order valence-electron chi connectivity index (χ0n) is 10.6. The van der Waals surface area contributed by atoms with E-state index in [1.54, 1.807) is 6.07 Å². The van der Waals surface area contributed by atoms with Crippen molar-refractivity contribution in [1.29, 1.82) is 0 Å². The second-order valence-electron chi connectivity index (χ2n) is 4.79. The van der Waals surface area contributed by atoms with Gasteiger partial charge in [0.1, 0.15) is 17.7 Å². The maximum absolute atomic E-state index is 12.9. The van der Waals surface area contributed by atoms with Gasteiger partial charge in [0.15, 0.2) is 0 Å². The summed E-state index contributed by atoms with van der Waals surface area (Å²) in [5.74, 6) is 0.226. The van der Waals surface area contributed by atoms with Crippen LogP contribution in [0.4, 0.5) is 4.39 Å². The Morgan fingerprint density at radius 3 is 2.89 bits per heavy atom. The van der Waals surface area contributed by atoms with Crippen molar-refractivity contribution in [3.63, 3.8) is 0 Å². The average Bonchev–Trinajstić information content (AvgIpc) is 3.13. The van der Waals surface area contributed by atoms with Crippen LogP contribution in [0.25, 0.3) is 0 Å². The minimum Gasteiger partial charge on any atom is -0.488 e. The largest absolute Gasteiger partial charge is 0.488 e. The highest BCUT2D eigenvalue weighted by Crippen LogP contribution is 2.27. The fraction of sp³-hybridized carbons (Fsp3) is 0.571. The molecule has 4 heteroatoms. The van der Waals surface area contributed by atoms with Gasteiger partial charge in [0.25, 0.3) is 0 Å². The van der Waals surface area contributed by atoms with Crippen molar-refractivity contribution < 1.29 is 9.13 Å². The van der Waals surface area contributed by atoms with Gasteiger partial charge >= 0.3 is 0 Å². The van der Waals surface area contributed by atoms with Gasteiger partial charge in [0.2, 0.25) is 0 Å². The van der Waals surface area contributed by atoms with Crippen LogP contribution in [-0.4, -0.2) is 18.7 Å². The first kappa shape index (κ1) is 13.6. The predicted molar refractivity (Wildman–Crippen MR) is 71.8 cm³/mol. The van der Waals surface area contributed by atoms with E-state index in [0.717, 1.165) is 19.4 Å². The fourth-order valence-electron chi connectivity index (χ4n) is 1.86. The van der Waals surface area contributed by atoms with Crippen LogP contribution in [0.1, 0.15) is 32.6 Å². The number of halogens is 2. The Labute approximate surface area is 112 Å². The van der Waals surface area contributed by atoms with Gasteiger partial charge in [-0.2, -0.15) is 0 Å². The van der Waals surface area contributed by atoms with Crippen molar-refractivity contribution in [2.75, 3.05) is 6.54 Å². The van der Waals surface area contributed by atoms with Crippen LogP contribution in [0.2, 0.25) is 5.02 Å². The van der Waals surface area contributed by atoms with Crippen molar-refractivity contribution in [3.8, 4) is 5.75 Å². The molecular formula is C14H19ClFNO. The fourth-order valence-corrected chi connectivity index (χ4v) is 2.07. The highest BCUT2D eigenvalue weighted by molar-refractivity contribution is 6.32. The Hall–Kier alpha value is -0.800. The van der Waals surface area contributed by atoms with Gasteiger partial charge in [-0.3, -0.25) is 0 Å². The second kappa shape index (κ2) is 6.39. The van der Waals surface area contributed by atoms with E-state index in [0.29, 0.717) is 16.8 Å². The van der Waals surface area contributed by atoms with Crippen molar-refractivity contribution in [1.82, 2.24) is 5.32 Å². The molecule has 0 aliphatic heterocycles. The van der Waals surface area contributed by atoms with E-state index in [2.05, 4.69) is 12.2 Å². The minimum atomic E-state index is -0.338. The third kappa shape index (κ3) is 4.14. The Bertz CT molecular complexity index is 395. The molecule has 1 unspecified atom stereocenters. The van der Waals surface area contributed by atoms with Crippen LogP contribution in [0.3, 0.4) is 0 Å². The Morgan fingerprint density at radius 2 is 2.28 bits per heavy atom. The molecule has 1 saturated carbocycles. The zero-order chi connectivity index (χ0) is 13.0. The second-order valence-corrected chi connectivity index (χ2v) is 5.19. The summed E-state index contributed by atoms with van der Waals surface area (Å²) in [4.78, 5) is 0. The minimum absolute atomic E-state index is 0.0959. The van der Waals surface area contributed by atoms with Gasteiger partial charge < -0.3 is 10.1 Å². The molecule has 0 heterocycles. The maximum atomic E-state index is 12.9. The van der Waals surface area contributed by atoms with Crippen LogP contribution in [-0.2, 0) is 0 Å². The lowest BCUT2D eigenvalue weighted by Crippen LogP contribution is -2.32. The first-order valence-corrected chi connectivity index (χ1v) is 6.92. The molecule has 18 heavy (non-hydrogen) atoms. The molecule has 1 fully saturated rings. The third-order valence-corrected chi connectivity index (χ3v) is 3.31. The maximum Gasteiger partial charge on any atom is 0.138 e. The van der Waals surface area contributed by atoms with Crippen LogP contribution < -0.4 is 10.1 Å². The highest BCUT2D eigenvalue weighted by atomic mass is 35.5. The van der Waals surface area contributed by atoms with Gasteiger partial charge in [0.05, 0.1) is 5.02 Å². The lowest BCUT2D eigenvalue weighted by molar-refractivity contribution is 0.186. The predicted octanol–water partition coefficient (Wildman–Crippen LogP) is 3.78. The van der Waals surface area contributed by atoms with Gasteiger partial charge in [-0.1, -0.05) is 24.9 Å². The molecule has 1 aliphatic carbocycles. The molecular weight excluding hydrogens is 253 g/mol. The lowest BCUT2D eigenvalue weighted by Gasteiger charge is -2.20. The number of hydrogen-bond donors (Lipinski definition) is 1. The van der Waals surface area contributed by atoms with Gasteiger partial charge in [-0.05, 0) is 37.5 Å². The molecule has 0 aromatic heterocycles. The molecule has 1 aromatic carbocycles. The third-order valence-electron chi connectivity index (χ3n) is 3.01. The number of rotatable bonds is 7. The summed E-state index contributed by atoms with van der Waals surface area (Å²) in [6.45, 7) is 2.95. The average molecular weight is 272 g/mol. The van der Waals surface area contributed by atoms with E-state index in [1.165, 1.54) is 25.0 Å². The van der Waals surface area contributed by atoms with E-state index < -0.39 is 0 Å². The molecule has 0 amide bonds. The molecule has 1 aliphatic rings. The molecule has 100 valence electrons. The first-order valence-electron chi connectivity index (χ1n) is 6.54. The summed E-state index contributed by atoms with van der Waals surface area (Å²) in [6, 6.07) is 4.92. The first-order chi connectivity index (χ1) is 8.69. The monoisotopic (exact) mass is 271 g/mol. The molecule has 2 nitrogen and oxygen atoms in total. The van der Waals surface area contributed by atoms with Gasteiger partial charge in [0, 0.05) is 12.6 Å². The molecule has 0 spiro atoms. The summed E-state index contributed by atoms with van der Waals surface area (Å²) < 4.78 is 18.8. The van der Waals surface area contributed by atoms with Crippen LogP contribution in [0.5, 0.6) is 5.75 Å². The molecule has 1 atom stereocenters. The Balaban J connectivity index is 1.92. The number of ether oxygens (including phenoxy) is 1. The number of nitrogens with one attached hydrogen (secondary N) is 1. The van der Waals surface area contributed by atoms with E-state index in [4.69, 9.17) is 16.3 Å². The van der Waals surface area contributed by atoms with Crippen molar-refractivity contribution >= 4 is 11.6 Å². The number of hydrogen-bond acceptors (Lipinski definition) is 2. The summed E-state index contributed by atoms with van der Waals surface area (Å²) in [7, 11) is 0. The summed E-state index contributed by atoms with van der Waals surface area (Å²) in [5.41, 5.74) is 0. The molecule has 0 radical (unpaired) electrons. The molecule has 0 saturated heterocycles. The van der Waals surface area contributed by atoms with E-state index in [9.17, 15) is 4.39 Å². The highest BCUT2D eigenvalue weighted by Gasteiger charge is 2.22. The van der Waals surface area contributed by atoms with Crippen molar-refractivity contribution in [2.24, 2.45) is 0 Å². The molecule has 0 bridgehead atoms. The van der Waals surface area contributed by atoms with Crippen LogP contribution >= 0.6 is 11.6 Å². The molecule has 2 rings (SSSR count). The van der Waals surface area contributed by atoms with Crippen molar-refractivity contribution in [3.05, 3.63) is 29.0 Å². The summed E-state index contributed by atoms with van der Waals surface area (Å²) in [5, 5.41) is 3.79. The Kier molecular flexibility index (Phi) is 4.84. The normalized spacial score (nSPS) is 16.6. The van der Waals surface area contributed by atoms with E-state index in [-0.39, 0.29) is 11.9 Å². The standard InChI is InChI=1S/C14H19ClFNO/c1-2-3-12(9-17-11-5-6-11)18-14-7-4-10(16)8-13(14)15/h4,7-8,11-12,17H,2-3,5-6,9H2,1H3.